The van der Waals surface area contributed by atoms with Crippen molar-refractivity contribution in [2.75, 3.05) is 0 Å². The number of fused-ring (bicyclic) bond motifs is 5. The van der Waals surface area contributed by atoms with Crippen LogP contribution in [0.15, 0.2) is 36.0 Å². The van der Waals surface area contributed by atoms with Gasteiger partial charge in [-0.1, -0.05) is 88.8 Å². The lowest BCUT2D eigenvalue weighted by Crippen LogP contribution is -2.54. The molecule has 0 saturated heterocycles. The maximum Gasteiger partial charge on any atom is 0.306 e. The highest BCUT2D eigenvalue weighted by atomic mass is 16.5. The molecule has 4 unspecified atom stereocenters. The van der Waals surface area contributed by atoms with Gasteiger partial charge in [-0.25, -0.2) is 0 Å². The van der Waals surface area contributed by atoms with Crippen LogP contribution in [0.4, 0.5) is 0 Å². The Balaban J connectivity index is 1.11. The van der Waals surface area contributed by atoms with Gasteiger partial charge in [0.05, 0.1) is 6.10 Å². The van der Waals surface area contributed by atoms with Gasteiger partial charge in [0, 0.05) is 24.7 Å². The smallest absolute Gasteiger partial charge is 0.306 e. The van der Waals surface area contributed by atoms with Crippen LogP contribution in [0.2, 0.25) is 0 Å². The van der Waals surface area contributed by atoms with Crippen molar-refractivity contribution in [3.63, 3.8) is 0 Å². The summed E-state index contributed by atoms with van der Waals surface area (Å²) in [6.07, 6.45) is 30.5. The molecule has 41 heavy (non-hydrogen) atoms. The minimum absolute atomic E-state index is 0.0555. The van der Waals surface area contributed by atoms with E-state index in [0.29, 0.717) is 30.5 Å². The van der Waals surface area contributed by atoms with Crippen LogP contribution in [0.3, 0.4) is 0 Å². The van der Waals surface area contributed by atoms with Crippen molar-refractivity contribution in [1.29, 1.82) is 0 Å². The summed E-state index contributed by atoms with van der Waals surface area (Å²) in [5.74, 6) is 1.26. The third-order valence-electron chi connectivity index (χ3n) is 11.4. The average Bonchev–Trinajstić information content (AvgIpc) is 3.25. The highest BCUT2D eigenvalue weighted by Crippen LogP contribution is 2.64. The van der Waals surface area contributed by atoms with Crippen LogP contribution in [-0.4, -0.2) is 29.1 Å². The first-order valence-electron chi connectivity index (χ1n) is 17.2. The number of esters is 1. The van der Waals surface area contributed by atoms with E-state index in [-0.39, 0.29) is 28.8 Å². The quantitative estimate of drug-likeness (QED) is 0.122. The number of allylic oxidation sites excluding steroid dienone is 4. The molecule has 1 N–H and O–H groups in total. The number of aliphatic hydroxyl groups is 1. The molecule has 4 aliphatic carbocycles. The number of ether oxygens (including phenoxy) is 1. The van der Waals surface area contributed by atoms with E-state index in [1.165, 1.54) is 50.5 Å². The van der Waals surface area contributed by atoms with E-state index in [4.69, 9.17) is 4.74 Å². The highest BCUT2D eigenvalue weighted by Gasteiger charge is 2.60. The summed E-state index contributed by atoms with van der Waals surface area (Å²) in [6.45, 7) is 6.78. The lowest BCUT2D eigenvalue weighted by Gasteiger charge is -2.58. The lowest BCUT2D eigenvalue weighted by molar-refractivity contribution is -0.152. The van der Waals surface area contributed by atoms with Crippen LogP contribution in [0.25, 0.3) is 0 Å². The Labute approximate surface area is 250 Å². The van der Waals surface area contributed by atoms with Gasteiger partial charge in [0.15, 0.2) is 0 Å². The third-order valence-corrected chi connectivity index (χ3v) is 11.4. The van der Waals surface area contributed by atoms with Crippen molar-refractivity contribution in [3.8, 4) is 0 Å². The molecule has 7 atom stereocenters. The second-order valence-corrected chi connectivity index (χ2v) is 14.1. The molecule has 0 aliphatic heterocycles. The molecule has 4 rings (SSSR count). The van der Waals surface area contributed by atoms with E-state index in [9.17, 15) is 14.7 Å². The summed E-state index contributed by atoms with van der Waals surface area (Å²) in [6, 6.07) is 0. The second-order valence-electron chi connectivity index (χ2n) is 14.1. The molecule has 0 aromatic carbocycles. The Hall–Kier alpha value is -1.68. The Kier molecular flexibility index (Phi) is 11.9. The van der Waals surface area contributed by atoms with E-state index in [0.717, 1.165) is 64.2 Å². The molecule has 4 heteroatoms. The normalized spacial score (nSPS) is 34.9. The highest BCUT2D eigenvalue weighted by molar-refractivity contribution is 5.87. The van der Waals surface area contributed by atoms with E-state index >= 15 is 0 Å². The molecule has 4 nitrogen and oxygen atoms in total. The monoisotopic (exact) mass is 566 g/mol. The van der Waals surface area contributed by atoms with E-state index in [1.807, 2.05) is 0 Å². The summed E-state index contributed by atoms with van der Waals surface area (Å²) in [7, 11) is 0. The number of aliphatic hydroxyl groups excluding tert-OH is 1. The molecule has 3 saturated carbocycles. The Bertz CT molecular complexity index is 962. The molecule has 0 bridgehead atoms. The summed E-state index contributed by atoms with van der Waals surface area (Å²) < 4.78 is 5.95. The van der Waals surface area contributed by atoms with Gasteiger partial charge in [0.1, 0.15) is 11.9 Å². The van der Waals surface area contributed by atoms with Gasteiger partial charge in [0.25, 0.3) is 0 Å². The van der Waals surface area contributed by atoms with E-state index in [1.54, 1.807) is 0 Å². The summed E-state index contributed by atoms with van der Waals surface area (Å²) in [4.78, 5) is 25.3. The first-order valence-corrected chi connectivity index (χ1v) is 17.2. The second kappa shape index (κ2) is 15.2. The Morgan fingerprint density at radius 2 is 1.56 bits per heavy atom. The fourth-order valence-electron chi connectivity index (χ4n) is 8.81. The van der Waals surface area contributed by atoms with Crippen molar-refractivity contribution in [3.05, 3.63) is 36.0 Å². The number of hydrogen-bond acceptors (Lipinski definition) is 4. The number of Topliss-reactive ketones (excluding diaryl/α,β-unsaturated/α-hetero) is 1. The molecule has 0 amide bonds. The van der Waals surface area contributed by atoms with Gasteiger partial charge in [0.2, 0.25) is 0 Å². The largest absolute Gasteiger partial charge is 0.462 e. The zero-order valence-electron chi connectivity index (χ0n) is 26.4. The van der Waals surface area contributed by atoms with Gasteiger partial charge in [-0.3, -0.25) is 9.59 Å². The standard InChI is InChI=1S/C37H58O4/c1-4-5-6-7-8-9-10-11-12-13-14-15-16-17-18-19-34(40)41-29-22-24-36(2)28(26-29)27-32(38)35-30-20-21-33(39)37(30,3)25-23-31(35)36/h8-9,11-12,27,29-32,35,38H,4-7,10,13-26H2,1-3H3/b9-8+,12-11-/t29-,30?,31?,32?,35?,36-,37-/m0/s1. The van der Waals surface area contributed by atoms with Crippen molar-refractivity contribution >= 4 is 11.8 Å². The summed E-state index contributed by atoms with van der Waals surface area (Å²) >= 11 is 0. The molecule has 0 heterocycles. The minimum Gasteiger partial charge on any atom is -0.462 e. The molecule has 0 radical (unpaired) electrons. The molecule has 4 aliphatic rings. The predicted octanol–water partition coefficient (Wildman–Crippen LogP) is 9.21. The number of unbranched alkanes of at least 4 members (excludes halogenated alkanes) is 8. The van der Waals surface area contributed by atoms with Crippen molar-refractivity contribution in [2.45, 2.75) is 155 Å². The van der Waals surface area contributed by atoms with Crippen molar-refractivity contribution in [1.82, 2.24) is 0 Å². The molecular formula is C37H58O4. The van der Waals surface area contributed by atoms with E-state index < -0.39 is 6.10 Å². The lowest BCUT2D eigenvalue weighted by atomic mass is 9.47. The van der Waals surface area contributed by atoms with Crippen LogP contribution >= 0.6 is 0 Å². The van der Waals surface area contributed by atoms with Crippen molar-refractivity contribution < 1.29 is 19.4 Å². The Morgan fingerprint density at radius 3 is 2.32 bits per heavy atom. The van der Waals surface area contributed by atoms with Crippen LogP contribution in [-0.2, 0) is 14.3 Å². The molecule has 3 fully saturated rings. The molecule has 0 aromatic heterocycles. The van der Waals surface area contributed by atoms with Crippen LogP contribution in [0.5, 0.6) is 0 Å². The number of carbonyl (C=O) groups excluding carboxylic acids is 2. The number of carbonyl (C=O) groups is 2. The van der Waals surface area contributed by atoms with Crippen LogP contribution < -0.4 is 0 Å². The van der Waals surface area contributed by atoms with Crippen LogP contribution in [0, 0.1) is 28.6 Å². The molecule has 0 spiro atoms. The molecular weight excluding hydrogens is 508 g/mol. The van der Waals surface area contributed by atoms with Gasteiger partial charge in [-0.15, -0.1) is 0 Å². The first-order chi connectivity index (χ1) is 19.8. The molecule has 0 aromatic rings. The first kappa shape index (κ1) is 32.2. The summed E-state index contributed by atoms with van der Waals surface area (Å²) in [5, 5.41) is 11.3. The zero-order chi connectivity index (χ0) is 29.3. The molecule has 230 valence electrons. The topological polar surface area (TPSA) is 63.6 Å². The SMILES string of the molecule is CCCCC/C=C/C/C=C\CCCCCCCC(=O)O[C@H]1CC[C@@]2(C)C(=CC(O)C3C2CC[C@]2(C)C(=O)CCC32)C1. The van der Waals surface area contributed by atoms with Gasteiger partial charge >= 0.3 is 5.97 Å². The van der Waals surface area contributed by atoms with Crippen molar-refractivity contribution in [2.24, 2.45) is 28.6 Å². The Morgan fingerprint density at radius 1 is 0.902 bits per heavy atom. The number of hydrogen-bond donors (Lipinski definition) is 1. The number of ketones is 1. The van der Waals surface area contributed by atoms with Gasteiger partial charge < -0.3 is 9.84 Å². The average molecular weight is 567 g/mol. The minimum atomic E-state index is -0.485. The number of rotatable bonds is 15. The maximum atomic E-state index is 12.7. The predicted molar refractivity (Wildman–Crippen MR) is 167 cm³/mol. The zero-order valence-corrected chi connectivity index (χ0v) is 26.4. The maximum absolute atomic E-state index is 12.7. The fraction of sp³-hybridized carbons (Fsp3) is 0.784. The van der Waals surface area contributed by atoms with Gasteiger partial charge in [-0.2, -0.15) is 0 Å². The van der Waals surface area contributed by atoms with E-state index in [2.05, 4.69) is 51.2 Å². The summed E-state index contributed by atoms with van der Waals surface area (Å²) in [5.41, 5.74) is 1.11. The fourth-order valence-corrected chi connectivity index (χ4v) is 8.81. The van der Waals surface area contributed by atoms with Gasteiger partial charge in [-0.05, 0) is 93.8 Å². The van der Waals surface area contributed by atoms with Crippen LogP contribution in [0.1, 0.15) is 143 Å². The third kappa shape index (κ3) is 7.84.